The van der Waals surface area contributed by atoms with E-state index >= 15 is 0 Å². The van der Waals surface area contributed by atoms with E-state index in [4.69, 9.17) is 21.1 Å². The Morgan fingerprint density at radius 1 is 0.955 bits per heavy atom. The number of hydrogen-bond donors (Lipinski definition) is 0. The molecule has 114 valence electrons. The molecule has 0 fully saturated rings. The van der Waals surface area contributed by atoms with Crippen LogP contribution in [-0.2, 0) is 4.79 Å². The minimum absolute atomic E-state index is 0.0453. The average Bonchev–Trinajstić information content (AvgIpc) is 2.54. The van der Waals surface area contributed by atoms with E-state index in [0.29, 0.717) is 28.5 Å². The first kappa shape index (κ1) is 16.0. The van der Waals surface area contributed by atoms with Crippen LogP contribution in [0.3, 0.4) is 0 Å². The first-order valence-corrected chi connectivity index (χ1v) is 7.18. The minimum Gasteiger partial charge on any atom is -0.482 e. The molecule has 0 saturated carbocycles. The maximum Gasteiger partial charge on any atom is 0.349 e. The molecule has 0 bridgehead atoms. The van der Waals surface area contributed by atoms with Crippen molar-refractivity contribution in [3.05, 3.63) is 59.1 Å². The molecule has 0 atom stereocenters. The number of Topliss-reactive ketones (excluding diaryl/α,β-unsaturated/α-hetero) is 1. The fourth-order valence-electron chi connectivity index (χ4n) is 1.75. The van der Waals surface area contributed by atoms with Gasteiger partial charge in [-0.1, -0.05) is 18.5 Å². The second-order valence-corrected chi connectivity index (χ2v) is 4.95. The maximum atomic E-state index is 11.7. The lowest BCUT2D eigenvalue weighted by molar-refractivity contribution is -0.136. The summed E-state index contributed by atoms with van der Waals surface area (Å²) in [5.74, 6) is 0.427. The Morgan fingerprint density at radius 2 is 1.55 bits per heavy atom. The highest BCUT2D eigenvalue weighted by molar-refractivity contribution is 6.30. The molecular formula is C17H15ClO4. The topological polar surface area (TPSA) is 52.6 Å². The predicted molar refractivity (Wildman–Crippen MR) is 83.6 cm³/mol. The molecule has 22 heavy (non-hydrogen) atoms. The van der Waals surface area contributed by atoms with Crippen molar-refractivity contribution in [2.75, 3.05) is 6.61 Å². The minimum atomic E-state index is -0.524. The third-order valence-corrected chi connectivity index (χ3v) is 3.15. The molecular weight excluding hydrogens is 304 g/mol. The first-order chi connectivity index (χ1) is 10.6. The molecule has 2 aromatic rings. The summed E-state index contributed by atoms with van der Waals surface area (Å²) < 4.78 is 10.4. The van der Waals surface area contributed by atoms with Crippen LogP contribution in [0.2, 0.25) is 5.02 Å². The second-order valence-electron chi connectivity index (χ2n) is 4.52. The van der Waals surface area contributed by atoms with Gasteiger partial charge in [0.25, 0.3) is 0 Å². The van der Waals surface area contributed by atoms with Crippen LogP contribution in [0, 0.1) is 0 Å². The van der Waals surface area contributed by atoms with Crippen LogP contribution in [0.4, 0.5) is 0 Å². The summed E-state index contributed by atoms with van der Waals surface area (Å²) in [6.07, 6.45) is 0.439. The molecule has 0 aliphatic heterocycles. The van der Waals surface area contributed by atoms with E-state index in [1.54, 1.807) is 55.5 Å². The van der Waals surface area contributed by atoms with Crippen molar-refractivity contribution >= 4 is 23.4 Å². The van der Waals surface area contributed by atoms with Gasteiger partial charge in [0.15, 0.2) is 12.4 Å². The van der Waals surface area contributed by atoms with E-state index in [9.17, 15) is 9.59 Å². The van der Waals surface area contributed by atoms with Gasteiger partial charge in [0.2, 0.25) is 0 Å². The zero-order chi connectivity index (χ0) is 15.9. The summed E-state index contributed by atoms with van der Waals surface area (Å²) >= 11 is 5.76. The van der Waals surface area contributed by atoms with Crippen LogP contribution in [0.5, 0.6) is 11.5 Å². The van der Waals surface area contributed by atoms with E-state index < -0.39 is 5.97 Å². The summed E-state index contributed by atoms with van der Waals surface area (Å²) in [5, 5.41) is 0.594. The standard InChI is InChI=1S/C17H15ClO4/c1-2-16(19)12-3-7-15(8-4-12)22-17(20)11-21-14-9-5-13(18)6-10-14/h3-10H,2,11H2,1H3. The fraction of sp³-hybridized carbons (Fsp3) is 0.176. The summed E-state index contributed by atoms with van der Waals surface area (Å²) in [6, 6.07) is 13.1. The molecule has 0 N–H and O–H groups in total. The quantitative estimate of drug-likeness (QED) is 0.460. The van der Waals surface area contributed by atoms with Gasteiger partial charge in [-0.2, -0.15) is 0 Å². The van der Waals surface area contributed by atoms with Crippen LogP contribution >= 0.6 is 11.6 Å². The SMILES string of the molecule is CCC(=O)c1ccc(OC(=O)COc2ccc(Cl)cc2)cc1. The summed E-state index contributed by atoms with van der Waals surface area (Å²) in [4.78, 5) is 23.2. The lowest BCUT2D eigenvalue weighted by Crippen LogP contribution is -2.17. The highest BCUT2D eigenvalue weighted by atomic mass is 35.5. The Bertz CT molecular complexity index is 647. The van der Waals surface area contributed by atoms with Crippen molar-refractivity contribution in [2.45, 2.75) is 13.3 Å². The lowest BCUT2D eigenvalue weighted by Gasteiger charge is -2.07. The van der Waals surface area contributed by atoms with Gasteiger partial charge >= 0.3 is 5.97 Å². The monoisotopic (exact) mass is 318 g/mol. The first-order valence-electron chi connectivity index (χ1n) is 6.81. The largest absolute Gasteiger partial charge is 0.482 e. The molecule has 0 amide bonds. The van der Waals surface area contributed by atoms with E-state index in [-0.39, 0.29) is 12.4 Å². The van der Waals surface area contributed by atoms with Crippen LogP contribution in [0.1, 0.15) is 23.7 Å². The fourth-order valence-corrected chi connectivity index (χ4v) is 1.87. The molecule has 0 aliphatic rings. The summed E-state index contributed by atoms with van der Waals surface area (Å²) in [7, 11) is 0. The molecule has 4 nitrogen and oxygen atoms in total. The third-order valence-electron chi connectivity index (χ3n) is 2.90. The van der Waals surface area contributed by atoms with Crippen LogP contribution < -0.4 is 9.47 Å². The van der Waals surface area contributed by atoms with Gasteiger partial charge in [0.05, 0.1) is 0 Å². The van der Waals surface area contributed by atoms with Crippen LogP contribution in [0.25, 0.3) is 0 Å². The van der Waals surface area contributed by atoms with Gasteiger partial charge in [-0.3, -0.25) is 4.79 Å². The molecule has 2 rings (SSSR count). The molecule has 0 radical (unpaired) electrons. The Labute approximate surface area is 133 Å². The number of carbonyl (C=O) groups excluding carboxylic acids is 2. The number of benzene rings is 2. The van der Waals surface area contributed by atoms with Gasteiger partial charge in [0.1, 0.15) is 11.5 Å². The molecule has 0 aromatic heterocycles. The number of ketones is 1. The Hall–Kier alpha value is -2.33. The van der Waals surface area contributed by atoms with E-state index in [1.165, 1.54) is 0 Å². The number of hydrogen-bond acceptors (Lipinski definition) is 4. The van der Waals surface area contributed by atoms with Crippen molar-refractivity contribution in [1.82, 2.24) is 0 Å². The van der Waals surface area contributed by atoms with Crippen molar-refractivity contribution < 1.29 is 19.1 Å². The molecule has 2 aromatic carbocycles. The number of esters is 1. The highest BCUT2D eigenvalue weighted by Crippen LogP contribution is 2.16. The van der Waals surface area contributed by atoms with Crippen molar-refractivity contribution in [3.8, 4) is 11.5 Å². The summed E-state index contributed by atoms with van der Waals surface area (Å²) in [5.41, 5.74) is 0.597. The van der Waals surface area contributed by atoms with E-state index in [0.717, 1.165) is 0 Å². The normalized spacial score (nSPS) is 10.1. The number of halogens is 1. The second kappa shape index (κ2) is 7.61. The molecule has 0 aliphatic carbocycles. The van der Waals surface area contributed by atoms with Crippen LogP contribution in [-0.4, -0.2) is 18.4 Å². The van der Waals surface area contributed by atoms with Crippen molar-refractivity contribution in [3.63, 3.8) is 0 Å². The maximum absolute atomic E-state index is 11.7. The number of ether oxygens (including phenoxy) is 2. The van der Waals surface area contributed by atoms with Gasteiger partial charge in [-0.15, -0.1) is 0 Å². The van der Waals surface area contributed by atoms with Crippen molar-refractivity contribution in [2.24, 2.45) is 0 Å². The number of rotatable bonds is 6. The number of carbonyl (C=O) groups is 2. The average molecular weight is 319 g/mol. The molecule has 0 unspecified atom stereocenters. The zero-order valence-electron chi connectivity index (χ0n) is 12.0. The molecule has 0 saturated heterocycles. The van der Waals surface area contributed by atoms with Crippen molar-refractivity contribution in [1.29, 1.82) is 0 Å². The predicted octanol–water partition coefficient (Wildman–Crippen LogP) is 3.92. The van der Waals surface area contributed by atoms with Gasteiger partial charge in [0, 0.05) is 17.0 Å². The summed E-state index contributed by atoms with van der Waals surface area (Å²) in [6.45, 7) is 1.58. The molecule has 0 heterocycles. The zero-order valence-corrected chi connectivity index (χ0v) is 12.8. The Kier molecular flexibility index (Phi) is 5.55. The van der Waals surface area contributed by atoms with Crippen LogP contribution in [0.15, 0.2) is 48.5 Å². The molecule has 5 heteroatoms. The van der Waals surface area contributed by atoms with E-state index in [1.807, 2.05) is 0 Å². The lowest BCUT2D eigenvalue weighted by atomic mass is 10.1. The van der Waals surface area contributed by atoms with Gasteiger partial charge in [-0.05, 0) is 48.5 Å². The smallest absolute Gasteiger partial charge is 0.349 e. The van der Waals surface area contributed by atoms with E-state index in [2.05, 4.69) is 0 Å². The Balaban J connectivity index is 1.86. The third kappa shape index (κ3) is 4.60. The van der Waals surface area contributed by atoms with Gasteiger partial charge in [-0.25, -0.2) is 4.79 Å². The van der Waals surface area contributed by atoms with Gasteiger partial charge < -0.3 is 9.47 Å². The highest BCUT2D eigenvalue weighted by Gasteiger charge is 2.08. The molecule has 0 spiro atoms. The Morgan fingerprint density at radius 3 is 2.14 bits per heavy atom.